The molecule has 0 spiro atoms. The topological polar surface area (TPSA) is 58.3 Å². The number of hydrogen-bond donors (Lipinski definition) is 2. The van der Waals surface area contributed by atoms with E-state index in [4.69, 9.17) is 10.2 Å². The van der Waals surface area contributed by atoms with Crippen LogP contribution in [0.15, 0.2) is 6.20 Å². The van der Waals surface area contributed by atoms with Crippen LogP contribution >= 0.6 is 0 Å². The third-order valence-electron chi connectivity index (χ3n) is 1.36. The average molecular weight is 142 g/mol. The van der Waals surface area contributed by atoms with E-state index in [0.717, 1.165) is 0 Å². The Bertz CT molecular complexity index is 200. The summed E-state index contributed by atoms with van der Waals surface area (Å²) in [7, 11) is 0. The molecule has 0 aromatic carbocycles. The maximum atomic E-state index is 9.05. The SMILES string of the molecule is Cc1ncc(O)n1CCO. The summed E-state index contributed by atoms with van der Waals surface area (Å²) in [6, 6.07) is 0. The van der Waals surface area contributed by atoms with Gasteiger partial charge in [0.2, 0.25) is 5.88 Å². The molecule has 0 unspecified atom stereocenters. The highest BCUT2D eigenvalue weighted by Gasteiger charge is 2.01. The Morgan fingerprint density at radius 3 is 2.80 bits per heavy atom. The first-order valence-electron chi connectivity index (χ1n) is 3.07. The summed E-state index contributed by atoms with van der Waals surface area (Å²) in [4.78, 5) is 3.84. The van der Waals surface area contributed by atoms with Crippen molar-refractivity contribution in [3.63, 3.8) is 0 Å². The highest BCUT2D eigenvalue weighted by molar-refractivity contribution is 5.08. The van der Waals surface area contributed by atoms with Crippen molar-refractivity contribution in [2.75, 3.05) is 6.61 Å². The Morgan fingerprint density at radius 2 is 2.40 bits per heavy atom. The van der Waals surface area contributed by atoms with Crippen LogP contribution in [0.3, 0.4) is 0 Å². The molecule has 0 aliphatic carbocycles. The molecule has 10 heavy (non-hydrogen) atoms. The van der Waals surface area contributed by atoms with Crippen LogP contribution in [-0.2, 0) is 6.54 Å². The first-order chi connectivity index (χ1) is 4.75. The molecule has 0 saturated carbocycles. The molecule has 56 valence electrons. The van der Waals surface area contributed by atoms with E-state index in [-0.39, 0.29) is 12.5 Å². The summed E-state index contributed by atoms with van der Waals surface area (Å²) in [6.07, 6.45) is 1.37. The van der Waals surface area contributed by atoms with Crippen molar-refractivity contribution in [1.29, 1.82) is 0 Å². The normalized spacial score (nSPS) is 10.2. The van der Waals surface area contributed by atoms with Crippen LogP contribution in [0.2, 0.25) is 0 Å². The van der Waals surface area contributed by atoms with Gasteiger partial charge in [-0.05, 0) is 6.92 Å². The zero-order valence-corrected chi connectivity index (χ0v) is 5.78. The van der Waals surface area contributed by atoms with Crippen LogP contribution in [0.25, 0.3) is 0 Å². The lowest BCUT2D eigenvalue weighted by atomic mass is 10.6. The fraction of sp³-hybridized carbons (Fsp3) is 0.500. The predicted octanol–water partition coefficient (Wildman–Crippen LogP) is -0.111. The van der Waals surface area contributed by atoms with Crippen LogP contribution in [0.1, 0.15) is 5.82 Å². The summed E-state index contributed by atoms with van der Waals surface area (Å²) in [5.41, 5.74) is 0. The molecule has 4 nitrogen and oxygen atoms in total. The molecule has 0 bridgehead atoms. The molecular formula is C6H10N2O2. The van der Waals surface area contributed by atoms with E-state index in [2.05, 4.69) is 4.98 Å². The summed E-state index contributed by atoms with van der Waals surface area (Å²) in [5.74, 6) is 0.818. The summed E-state index contributed by atoms with van der Waals surface area (Å²) >= 11 is 0. The fourth-order valence-electron chi connectivity index (χ4n) is 0.833. The number of imidazole rings is 1. The molecule has 0 radical (unpaired) electrons. The third kappa shape index (κ3) is 1.11. The summed E-state index contributed by atoms with van der Waals surface area (Å²) in [6.45, 7) is 2.19. The molecule has 1 rings (SSSR count). The van der Waals surface area contributed by atoms with E-state index in [1.165, 1.54) is 6.20 Å². The van der Waals surface area contributed by atoms with Crippen molar-refractivity contribution in [3.8, 4) is 5.88 Å². The summed E-state index contributed by atoms with van der Waals surface area (Å²) in [5, 5.41) is 17.6. The maximum Gasteiger partial charge on any atom is 0.211 e. The van der Waals surface area contributed by atoms with Crippen LogP contribution in [-0.4, -0.2) is 26.4 Å². The van der Waals surface area contributed by atoms with E-state index in [9.17, 15) is 0 Å². The lowest BCUT2D eigenvalue weighted by molar-refractivity contribution is 0.265. The van der Waals surface area contributed by atoms with Gasteiger partial charge in [0.25, 0.3) is 0 Å². The maximum absolute atomic E-state index is 9.05. The van der Waals surface area contributed by atoms with Crippen LogP contribution < -0.4 is 0 Å². The van der Waals surface area contributed by atoms with Crippen molar-refractivity contribution in [2.45, 2.75) is 13.5 Å². The third-order valence-corrected chi connectivity index (χ3v) is 1.36. The van der Waals surface area contributed by atoms with Gasteiger partial charge >= 0.3 is 0 Å². The largest absolute Gasteiger partial charge is 0.493 e. The van der Waals surface area contributed by atoms with Gasteiger partial charge in [-0.15, -0.1) is 0 Å². The van der Waals surface area contributed by atoms with E-state index in [1.54, 1.807) is 11.5 Å². The molecule has 0 saturated heterocycles. The number of aromatic nitrogens is 2. The van der Waals surface area contributed by atoms with E-state index in [1.807, 2.05) is 0 Å². The molecule has 0 fully saturated rings. The van der Waals surface area contributed by atoms with Crippen LogP contribution in [0.5, 0.6) is 5.88 Å². The molecule has 2 N–H and O–H groups in total. The number of nitrogens with zero attached hydrogens (tertiary/aromatic N) is 2. The Kier molecular flexibility index (Phi) is 1.91. The lowest BCUT2D eigenvalue weighted by Gasteiger charge is -2.01. The Morgan fingerprint density at radius 1 is 1.70 bits per heavy atom. The molecular weight excluding hydrogens is 132 g/mol. The van der Waals surface area contributed by atoms with Gasteiger partial charge in [0.1, 0.15) is 5.82 Å². The lowest BCUT2D eigenvalue weighted by Crippen LogP contribution is -2.03. The van der Waals surface area contributed by atoms with E-state index in [0.29, 0.717) is 12.4 Å². The van der Waals surface area contributed by atoms with Crippen LogP contribution in [0.4, 0.5) is 0 Å². The van der Waals surface area contributed by atoms with Gasteiger partial charge in [0.05, 0.1) is 19.3 Å². The van der Waals surface area contributed by atoms with Crippen molar-refractivity contribution in [3.05, 3.63) is 12.0 Å². The minimum Gasteiger partial charge on any atom is -0.493 e. The quantitative estimate of drug-likeness (QED) is 0.605. The fourth-order valence-corrected chi connectivity index (χ4v) is 0.833. The number of hydrogen-bond acceptors (Lipinski definition) is 3. The second-order valence-corrected chi connectivity index (χ2v) is 2.04. The highest BCUT2D eigenvalue weighted by Crippen LogP contribution is 2.09. The predicted molar refractivity (Wildman–Crippen MR) is 35.7 cm³/mol. The van der Waals surface area contributed by atoms with Gasteiger partial charge in [-0.3, -0.25) is 4.57 Å². The second-order valence-electron chi connectivity index (χ2n) is 2.04. The Hall–Kier alpha value is -1.03. The van der Waals surface area contributed by atoms with Gasteiger partial charge in [0, 0.05) is 0 Å². The second kappa shape index (κ2) is 2.70. The van der Waals surface area contributed by atoms with Crippen molar-refractivity contribution >= 4 is 0 Å². The zero-order chi connectivity index (χ0) is 7.56. The average Bonchev–Trinajstić information content (AvgIpc) is 2.20. The first-order valence-corrected chi connectivity index (χ1v) is 3.07. The van der Waals surface area contributed by atoms with Gasteiger partial charge in [-0.2, -0.15) is 0 Å². The number of aromatic hydroxyl groups is 1. The van der Waals surface area contributed by atoms with Crippen LogP contribution in [0, 0.1) is 6.92 Å². The molecule has 0 atom stereocenters. The minimum absolute atomic E-state index is 0.0186. The monoisotopic (exact) mass is 142 g/mol. The van der Waals surface area contributed by atoms with Gasteiger partial charge in [-0.1, -0.05) is 0 Å². The standard InChI is InChI=1S/C6H10N2O2/c1-5-7-4-6(10)8(5)2-3-9/h4,9-10H,2-3H2,1H3. The molecule has 0 aliphatic heterocycles. The van der Waals surface area contributed by atoms with Crippen molar-refractivity contribution < 1.29 is 10.2 Å². The molecule has 0 amide bonds. The number of rotatable bonds is 2. The number of aliphatic hydroxyl groups excluding tert-OH is 1. The van der Waals surface area contributed by atoms with Gasteiger partial charge in [0.15, 0.2) is 0 Å². The first kappa shape index (κ1) is 7.08. The zero-order valence-electron chi connectivity index (χ0n) is 5.78. The molecule has 1 aromatic heterocycles. The van der Waals surface area contributed by atoms with E-state index < -0.39 is 0 Å². The minimum atomic E-state index is 0.0186. The van der Waals surface area contributed by atoms with Gasteiger partial charge < -0.3 is 10.2 Å². The molecule has 0 aliphatic rings. The van der Waals surface area contributed by atoms with Crippen molar-refractivity contribution in [1.82, 2.24) is 9.55 Å². The van der Waals surface area contributed by atoms with E-state index >= 15 is 0 Å². The number of aryl methyl sites for hydroxylation is 1. The molecule has 1 aromatic rings. The number of aliphatic hydroxyl groups is 1. The highest BCUT2D eigenvalue weighted by atomic mass is 16.3. The Labute approximate surface area is 58.8 Å². The van der Waals surface area contributed by atoms with Crippen molar-refractivity contribution in [2.24, 2.45) is 0 Å². The molecule has 1 heterocycles. The molecule has 4 heteroatoms. The Balaban J connectivity index is 2.87. The van der Waals surface area contributed by atoms with Gasteiger partial charge in [-0.25, -0.2) is 4.98 Å². The smallest absolute Gasteiger partial charge is 0.211 e. The summed E-state index contributed by atoms with van der Waals surface area (Å²) < 4.78 is 1.54.